The van der Waals surface area contributed by atoms with Gasteiger partial charge in [0.2, 0.25) is 0 Å². The van der Waals surface area contributed by atoms with E-state index in [2.05, 4.69) is 0 Å². The molecule has 1 aromatic carbocycles. The lowest BCUT2D eigenvalue weighted by Crippen LogP contribution is -1.97. The molecule has 0 aliphatic heterocycles. The van der Waals surface area contributed by atoms with Gasteiger partial charge in [0.15, 0.2) is 0 Å². The van der Waals surface area contributed by atoms with Crippen molar-refractivity contribution in [1.29, 1.82) is 0 Å². The molecule has 1 heterocycles. The molecular weight excluding hydrogens is 307 g/mol. The van der Waals surface area contributed by atoms with Crippen molar-refractivity contribution in [2.75, 3.05) is 7.11 Å². The lowest BCUT2D eigenvalue weighted by atomic mass is 10.0. The largest absolute Gasteiger partial charge is 0.495 e. The van der Waals surface area contributed by atoms with Crippen molar-refractivity contribution in [2.24, 2.45) is 0 Å². The van der Waals surface area contributed by atoms with Crippen LogP contribution in [0.5, 0.6) is 5.75 Å². The van der Waals surface area contributed by atoms with E-state index in [4.69, 9.17) is 44.0 Å². The van der Waals surface area contributed by atoms with E-state index in [1.54, 1.807) is 25.5 Å². The molecule has 2 nitrogen and oxygen atoms in total. The highest BCUT2D eigenvalue weighted by Gasteiger charge is 2.20. The summed E-state index contributed by atoms with van der Waals surface area (Å²) >= 11 is 18.8. The van der Waals surface area contributed by atoms with Crippen LogP contribution in [0.1, 0.15) is 29.2 Å². The fraction of sp³-hybridized carbons (Fsp3) is 0.286. The number of hydrogen-bond acceptors (Lipinski definition) is 2. The Morgan fingerprint density at radius 2 is 1.95 bits per heavy atom. The third-order valence-electron chi connectivity index (χ3n) is 2.92. The van der Waals surface area contributed by atoms with Crippen molar-refractivity contribution in [2.45, 2.75) is 18.7 Å². The van der Waals surface area contributed by atoms with Crippen molar-refractivity contribution >= 4 is 34.8 Å². The van der Waals surface area contributed by atoms with Crippen LogP contribution in [0.4, 0.5) is 0 Å². The van der Waals surface area contributed by atoms with Crippen LogP contribution >= 0.6 is 34.8 Å². The summed E-state index contributed by atoms with van der Waals surface area (Å²) in [6.45, 7) is 2.01. The number of ether oxygens (including phenoxy) is 1. The van der Waals surface area contributed by atoms with Crippen LogP contribution < -0.4 is 4.74 Å². The van der Waals surface area contributed by atoms with Gasteiger partial charge in [0.25, 0.3) is 0 Å². The Bertz CT molecular complexity index is 578. The summed E-state index contributed by atoms with van der Waals surface area (Å²) in [6.07, 6.45) is 2.40. The molecule has 0 aliphatic rings. The van der Waals surface area contributed by atoms with Crippen LogP contribution in [0.2, 0.25) is 10.0 Å². The summed E-state index contributed by atoms with van der Waals surface area (Å²) in [5.41, 5.74) is 1.65. The van der Waals surface area contributed by atoms with Crippen LogP contribution in [-0.4, -0.2) is 7.11 Å². The van der Waals surface area contributed by atoms with Gasteiger partial charge in [-0.25, -0.2) is 0 Å². The molecule has 0 fully saturated rings. The molecule has 0 aliphatic carbocycles. The maximum Gasteiger partial charge on any atom is 0.138 e. The van der Waals surface area contributed by atoms with E-state index in [-0.39, 0.29) is 0 Å². The summed E-state index contributed by atoms with van der Waals surface area (Å²) in [5, 5.41) is 0.600. The molecule has 19 heavy (non-hydrogen) atoms. The van der Waals surface area contributed by atoms with Gasteiger partial charge in [0, 0.05) is 23.1 Å². The number of rotatable bonds is 4. The zero-order valence-corrected chi connectivity index (χ0v) is 12.8. The summed E-state index contributed by atoms with van der Waals surface area (Å²) in [7, 11) is 1.54. The lowest BCUT2D eigenvalue weighted by molar-refractivity contribution is 0.415. The second kappa shape index (κ2) is 6.08. The summed E-state index contributed by atoms with van der Waals surface area (Å²) in [5.74, 6) is 1.38. The minimum absolute atomic E-state index is 0.399. The fourth-order valence-corrected chi connectivity index (χ4v) is 2.87. The van der Waals surface area contributed by atoms with E-state index in [9.17, 15) is 0 Å². The third-order valence-corrected chi connectivity index (χ3v) is 4.01. The molecular formula is C14H13Cl3O2. The Morgan fingerprint density at radius 3 is 2.58 bits per heavy atom. The second-order valence-electron chi connectivity index (χ2n) is 4.02. The van der Waals surface area contributed by atoms with Crippen LogP contribution in [0.3, 0.4) is 0 Å². The second-order valence-corrected chi connectivity index (χ2v) is 5.27. The molecule has 0 saturated carbocycles. The predicted molar refractivity (Wildman–Crippen MR) is 78.8 cm³/mol. The molecule has 0 saturated heterocycles. The van der Waals surface area contributed by atoms with Crippen molar-refractivity contribution < 1.29 is 9.15 Å². The number of furan rings is 1. The third kappa shape index (κ3) is 2.86. The van der Waals surface area contributed by atoms with Crippen molar-refractivity contribution in [3.63, 3.8) is 0 Å². The van der Waals surface area contributed by atoms with Crippen molar-refractivity contribution in [1.82, 2.24) is 0 Å². The molecule has 1 unspecified atom stereocenters. The molecule has 1 atom stereocenters. The van der Waals surface area contributed by atoms with Gasteiger partial charge in [0.1, 0.15) is 11.5 Å². The Balaban J connectivity index is 2.44. The Morgan fingerprint density at radius 1 is 1.21 bits per heavy atom. The van der Waals surface area contributed by atoms with E-state index in [1.807, 2.05) is 13.0 Å². The Kier molecular flexibility index (Phi) is 4.67. The molecule has 5 heteroatoms. The average Bonchev–Trinajstić information content (AvgIpc) is 2.88. The molecule has 0 radical (unpaired) electrons. The molecule has 0 bridgehead atoms. The highest BCUT2D eigenvalue weighted by Crippen LogP contribution is 2.40. The highest BCUT2D eigenvalue weighted by molar-refractivity contribution is 6.36. The number of hydrogen-bond donors (Lipinski definition) is 0. The first-order valence-electron chi connectivity index (χ1n) is 5.81. The van der Waals surface area contributed by atoms with Crippen LogP contribution in [0.25, 0.3) is 0 Å². The minimum atomic E-state index is -0.399. The topological polar surface area (TPSA) is 22.4 Å². The molecule has 0 amide bonds. The maximum absolute atomic E-state index is 6.49. The summed E-state index contributed by atoms with van der Waals surface area (Å²) in [6, 6.07) is 5.25. The van der Waals surface area contributed by atoms with Crippen LogP contribution in [-0.2, 0) is 6.42 Å². The number of halogens is 3. The number of methoxy groups -OCH3 is 1. The van der Waals surface area contributed by atoms with Gasteiger partial charge >= 0.3 is 0 Å². The van der Waals surface area contributed by atoms with E-state index in [0.717, 1.165) is 23.3 Å². The van der Waals surface area contributed by atoms with Gasteiger partial charge in [-0.2, -0.15) is 0 Å². The van der Waals surface area contributed by atoms with Crippen LogP contribution in [0, 0.1) is 0 Å². The summed E-state index contributed by atoms with van der Waals surface area (Å²) < 4.78 is 10.5. The van der Waals surface area contributed by atoms with Crippen LogP contribution in [0.15, 0.2) is 28.9 Å². The van der Waals surface area contributed by atoms with E-state index >= 15 is 0 Å². The Hall–Kier alpha value is -0.830. The first-order valence-corrected chi connectivity index (χ1v) is 7.01. The summed E-state index contributed by atoms with van der Waals surface area (Å²) in [4.78, 5) is 0. The van der Waals surface area contributed by atoms with Gasteiger partial charge in [0.05, 0.1) is 23.8 Å². The van der Waals surface area contributed by atoms with Gasteiger partial charge in [-0.1, -0.05) is 30.1 Å². The maximum atomic E-state index is 6.49. The molecule has 2 rings (SSSR count). The van der Waals surface area contributed by atoms with E-state index in [0.29, 0.717) is 15.8 Å². The lowest BCUT2D eigenvalue weighted by Gasteiger charge is -2.14. The monoisotopic (exact) mass is 318 g/mol. The normalized spacial score (nSPS) is 12.5. The smallest absolute Gasteiger partial charge is 0.138 e. The number of aryl methyl sites for hydroxylation is 1. The van der Waals surface area contributed by atoms with Crippen molar-refractivity contribution in [3.8, 4) is 5.75 Å². The first kappa shape index (κ1) is 14.6. The standard InChI is InChI=1S/C14H13Cl3O2/c1-3-12-8(4-5-19-12)14(17)9-6-11(16)13(18-2)7-10(9)15/h4-7,14H,3H2,1-2H3. The molecule has 1 aromatic heterocycles. The van der Waals surface area contributed by atoms with Crippen molar-refractivity contribution in [3.05, 3.63) is 51.4 Å². The molecule has 0 N–H and O–H groups in total. The van der Waals surface area contributed by atoms with E-state index in [1.165, 1.54) is 0 Å². The SMILES string of the molecule is CCc1occc1C(Cl)c1cc(Cl)c(OC)cc1Cl. The predicted octanol–water partition coefficient (Wildman–Crippen LogP) is 5.49. The van der Waals surface area contributed by atoms with Gasteiger partial charge < -0.3 is 9.15 Å². The molecule has 2 aromatic rings. The number of alkyl halides is 1. The highest BCUT2D eigenvalue weighted by atomic mass is 35.5. The quantitative estimate of drug-likeness (QED) is 0.696. The molecule has 0 spiro atoms. The minimum Gasteiger partial charge on any atom is -0.495 e. The van der Waals surface area contributed by atoms with Gasteiger partial charge in [-0.3, -0.25) is 0 Å². The van der Waals surface area contributed by atoms with Gasteiger partial charge in [-0.05, 0) is 17.7 Å². The fourth-order valence-electron chi connectivity index (χ4n) is 1.93. The molecule has 102 valence electrons. The van der Waals surface area contributed by atoms with E-state index < -0.39 is 5.38 Å². The van der Waals surface area contributed by atoms with Gasteiger partial charge in [-0.15, -0.1) is 11.6 Å². The Labute approximate surface area is 127 Å². The average molecular weight is 320 g/mol. The number of benzene rings is 1. The zero-order valence-electron chi connectivity index (χ0n) is 10.5. The zero-order chi connectivity index (χ0) is 14.0. The first-order chi connectivity index (χ1) is 9.08.